The highest BCUT2D eigenvalue weighted by atomic mass is 16.5. The van der Waals surface area contributed by atoms with E-state index in [0.29, 0.717) is 0 Å². The van der Waals surface area contributed by atoms with Crippen molar-refractivity contribution in [2.45, 2.75) is 25.5 Å². The van der Waals surface area contributed by atoms with Crippen LogP contribution >= 0.6 is 0 Å². The molecule has 0 spiro atoms. The van der Waals surface area contributed by atoms with E-state index in [1.54, 1.807) is 13.3 Å². The number of hydrogen-bond acceptors (Lipinski definition) is 4. The largest absolute Gasteiger partial charge is 0.494 e. The third-order valence-electron chi connectivity index (χ3n) is 4.32. The zero-order chi connectivity index (χ0) is 15.6. The predicted molar refractivity (Wildman–Crippen MR) is 88.4 cm³/mol. The number of benzene rings is 1. The van der Waals surface area contributed by atoms with Gasteiger partial charge in [0.2, 0.25) is 0 Å². The summed E-state index contributed by atoms with van der Waals surface area (Å²) in [6.07, 6.45) is 9.14. The minimum atomic E-state index is 0.0557. The number of methoxy groups -OCH3 is 1. The number of nitrogens with zero attached hydrogens (tertiary/aromatic N) is 3. The van der Waals surface area contributed by atoms with Crippen LogP contribution in [0, 0.1) is 0 Å². The van der Waals surface area contributed by atoms with E-state index in [2.05, 4.69) is 28.4 Å². The first-order valence-corrected chi connectivity index (χ1v) is 7.94. The van der Waals surface area contributed by atoms with E-state index in [9.17, 15) is 0 Å². The molecule has 0 saturated carbocycles. The van der Waals surface area contributed by atoms with Crippen LogP contribution in [0.15, 0.2) is 42.9 Å². The molecule has 0 N–H and O–H groups in total. The second-order valence-corrected chi connectivity index (χ2v) is 5.75. The summed E-state index contributed by atoms with van der Waals surface area (Å²) in [7, 11) is 1.67. The molecule has 1 saturated heterocycles. The predicted octanol–water partition coefficient (Wildman–Crippen LogP) is 3.81. The monoisotopic (exact) mass is 309 g/mol. The second kappa shape index (κ2) is 6.01. The Morgan fingerprint density at radius 2 is 2.22 bits per heavy atom. The highest BCUT2D eigenvalue weighted by Gasteiger charge is 2.17. The van der Waals surface area contributed by atoms with Crippen molar-refractivity contribution in [1.29, 1.82) is 0 Å². The Labute approximate surface area is 134 Å². The Morgan fingerprint density at radius 3 is 3.04 bits per heavy atom. The molecule has 5 heteroatoms. The maximum absolute atomic E-state index is 5.81. The maximum Gasteiger partial charge on any atom is 0.150 e. The minimum Gasteiger partial charge on any atom is -0.494 e. The summed E-state index contributed by atoms with van der Waals surface area (Å²) >= 11 is 0. The quantitative estimate of drug-likeness (QED) is 0.738. The molecule has 1 fully saturated rings. The van der Waals surface area contributed by atoms with Crippen molar-refractivity contribution in [2.24, 2.45) is 0 Å². The Hall–Kier alpha value is -2.40. The van der Waals surface area contributed by atoms with Crippen molar-refractivity contribution < 1.29 is 9.47 Å². The molecule has 2 aromatic heterocycles. The van der Waals surface area contributed by atoms with Gasteiger partial charge in [0.05, 0.1) is 13.3 Å². The van der Waals surface area contributed by atoms with Crippen molar-refractivity contribution in [3.8, 4) is 16.9 Å². The molecule has 3 aromatic rings. The molecule has 23 heavy (non-hydrogen) atoms. The average Bonchev–Trinajstić information content (AvgIpc) is 3.11. The molecule has 118 valence electrons. The third kappa shape index (κ3) is 2.57. The highest BCUT2D eigenvalue weighted by molar-refractivity contribution is 5.97. The van der Waals surface area contributed by atoms with Gasteiger partial charge >= 0.3 is 0 Å². The number of fused-ring (bicyclic) bond motifs is 1. The van der Waals surface area contributed by atoms with Crippen LogP contribution in [0.2, 0.25) is 0 Å². The highest BCUT2D eigenvalue weighted by Crippen LogP contribution is 2.33. The van der Waals surface area contributed by atoms with Crippen LogP contribution in [0.1, 0.15) is 25.5 Å². The average molecular weight is 309 g/mol. The smallest absolute Gasteiger partial charge is 0.150 e. The minimum absolute atomic E-state index is 0.0557. The van der Waals surface area contributed by atoms with E-state index in [1.165, 1.54) is 6.42 Å². The molecule has 3 heterocycles. The SMILES string of the molecule is COc1ccc(-c2cnn([C@H]3CCCCO3)c2)c2cccnc12. The molecule has 0 radical (unpaired) electrons. The molecular weight excluding hydrogens is 290 g/mol. The van der Waals surface area contributed by atoms with Gasteiger partial charge in [-0.1, -0.05) is 6.07 Å². The van der Waals surface area contributed by atoms with Crippen molar-refractivity contribution in [3.05, 3.63) is 42.9 Å². The fraction of sp³-hybridized carbons (Fsp3) is 0.333. The van der Waals surface area contributed by atoms with E-state index >= 15 is 0 Å². The first kappa shape index (κ1) is 14.2. The second-order valence-electron chi connectivity index (χ2n) is 5.75. The number of ether oxygens (including phenoxy) is 2. The summed E-state index contributed by atoms with van der Waals surface area (Å²) in [5.41, 5.74) is 3.05. The van der Waals surface area contributed by atoms with Crippen LogP contribution in [-0.2, 0) is 4.74 Å². The van der Waals surface area contributed by atoms with E-state index in [-0.39, 0.29) is 6.23 Å². The molecule has 0 bridgehead atoms. The van der Waals surface area contributed by atoms with Crippen molar-refractivity contribution in [2.75, 3.05) is 13.7 Å². The number of rotatable bonds is 3. The standard InChI is InChI=1S/C18H19N3O2/c1-22-16-8-7-14(15-5-4-9-19-18(15)16)13-11-20-21(12-13)17-6-2-3-10-23-17/h4-5,7-9,11-12,17H,2-3,6,10H2,1H3/t17-/m1/s1. The number of aromatic nitrogens is 3. The van der Waals surface area contributed by atoms with Crippen LogP contribution in [0.4, 0.5) is 0 Å². The zero-order valence-electron chi connectivity index (χ0n) is 13.1. The van der Waals surface area contributed by atoms with Crippen LogP contribution < -0.4 is 4.74 Å². The lowest BCUT2D eigenvalue weighted by Gasteiger charge is -2.22. The molecule has 1 aromatic carbocycles. The number of hydrogen-bond donors (Lipinski definition) is 0. The van der Waals surface area contributed by atoms with Gasteiger partial charge in [0.1, 0.15) is 17.5 Å². The van der Waals surface area contributed by atoms with Gasteiger partial charge in [-0.15, -0.1) is 0 Å². The lowest BCUT2D eigenvalue weighted by atomic mass is 10.0. The van der Waals surface area contributed by atoms with Gasteiger partial charge in [-0.05, 0) is 43.0 Å². The van der Waals surface area contributed by atoms with Gasteiger partial charge < -0.3 is 9.47 Å². The maximum atomic E-state index is 5.81. The summed E-state index contributed by atoms with van der Waals surface area (Å²) in [4.78, 5) is 4.46. The fourth-order valence-electron chi connectivity index (χ4n) is 3.13. The van der Waals surface area contributed by atoms with Crippen molar-refractivity contribution >= 4 is 10.9 Å². The van der Waals surface area contributed by atoms with E-state index in [0.717, 1.165) is 47.2 Å². The first-order valence-electron chi connectivity index (χ1n) is 7.94. The number of pyridine rings is 1. The third-order valence-corrected chi connectivity index (χ3v) is 4.32. The van der Waals surface area contributed by atoms with E-state index in [1.807, 2.05) is 23.0 Å². The Morgan fingerprint density at radius 1 is 1.26 bits per heavy atom. The summed E-state index contributed by atoms with van der Waals surface area (Å²) in [5.74, 6) is 0.785. The fourth-order valence-corrected chi connectivity index (χ4v) is 3.13. The molecule has 0 aliphatic carbocycles. The first-order chi connectivity index (χ1) is 11.4. The Kier molecular flexibility index (Phi) is 3.71. The molecule has 4 rings (SSSR count). The summed E-state index contributed by atoms with van der Waals surface area (Å²) in [5, 5.41) is 5.57. The lowest BCUT2D eigenvalue weighted by molar-refractivity contribution is -0.0394. The molecule has 1 aliphatic rings. The topological polar surface area (TPSA) is 49.2 Å². The van der Waals surface area contributed by atoms with Gasteiger partial charge in [-0.3, -0.25) is 4.98 Å². The van der Waals surface area contributed by atoms with Crippen molar-refractivity contribution in [1.82, 2.24) is 14.8 Å². The van der Waals surface area contributed by atoms with Gasteiger partial charge in [0.25, 0.3) is 0 Å². The Bertz CT molecular complexity index is 822. The van der Waals surface area contributed by atoms with Crippen LogP contribution in [0.25, 0.3) is 22.0 Å². The van der Waals surface area contributed by atoms with Gasteiger partial charge in [-0.25, -0.2) is 4.68 Å². The van der Waals surface area contributed by atoms with Crippen LogP contribution in [0.3, 0.4) is 0 Å². The van der Waals surface area contributed by atoms with E-state index in [4.69, 9.17) is 9.47 Å². The molecule has 1 aliphatic heterocycles. The molecule has 1 atom stereocenters. The van der Waals surface area contributed by atoms with Gasteiger partial charge in [0.15, 0.2) is 0 Å². The lowest BCUT2D eigenvalue weighted by Crippen LogP contribution is -2.18. The van der Waals surface area contributed by atoms with Crippen LogP contribution in [0.5, 0.6) is 5.75 Å². The van der Waals surface area contributed by atoms with Gasteiger partial charge in [0, 0.05) is 30.0 Å². The van der Waals surface area contributed by atoms with Crippen molar-refractivity contribution in [3.63, 3.8) is 0 Å². The van der Waals surface area contributed by atoms with Gasteiger partial charge in [-0.2, -0.15) is 5.10 Å². The van der Waals surface area contributed by atoms with E-state index < -0.39 is 0 Å². The Balaban J connectivity index is 1.76. The summed E-state index contributed by atoms with van der Waals surface area (Å²) < 4.78 is 13.2. The zero-order valence-corrected chi connectivity index (χ0v) is 13.1. The van der Waals surface area contributed by atoms with Crippen LogP contribution in [-0.4, -0.2) is 28.5 Å². The normalized spacial score (nSPS) is 18.2. The molecular formula is C18H19N3O2. The summed E-state index contributed by atoms with van der Waals surface area (Å²) in [6.45, 7) is 0.815. The molecule has 0 unspecified atom stereocenters. The summed E-state index contributed by atoms with van der Waals surface area (Å²) in [6, 6.07) is 8.03. The molecule has 0 amide bonds. The molecule has 5 nitrogen and oxygen atoms in total.